The number of nitrogens with zero attached hydrogens (tertiary/aromatic N) is 4. The molecule has 6 heteroatoms. The number of aromatic nitrogens is 2. The fourth-order valence-electron chi connectivity index (χ4n) is 3.47. The Morgan fingerprint density at radius 2 is 2.07 bits per heavy atom. The highest BCUT2D eigenvalue weighted by Crippen LogP contribution is 2.18. The van der Waals surface area contributed by atoms with Crippen molar-refractivity contribution < 1.29 is 9.53 Å². The first kappa shape index (κ1) is 19.6. The number of rotatable bonds is 7. The summed E-state index contributed by atoms with van der Waals surface area (Å²) in [5, 5.41) is 4.53. The monoisotopic (exact) mass is 370 g/mol. The van der Waals surface area contributed by atoms with Gasteiger partial charge < -0.3 is 14.5 Å². The fourth-order valence-corrected chi connectivity index (χ4v) is 3.47. The van der Waals surface area contributed by atoms with Gasteiger partial charge in [0.05, 0.1) is 17.5 Å². The van der Waals surface area contributed by atoms with E-state index < -0.39 is 0 Å². The number of carbonyl (C=O) groups excluding carboxylic acids is 1. The second-order valence-electron chi connectivity index (χ2n) is 7.58. The summed E-state index contributed by atoms with van der Waals surface area (Å²) in [5.74, 6) is 0.0516. The van der Waals surface area contributed by atoms with Crippen molar-refractivity contribution in [3.05, 3.63) is 47.3 Å². The Morgan fingerprint density at radius 3 is 2.70 bits per heavy atom. The molecule has 1 unspecified atom stereocenters. The van der Waals surface area contributed by atoms with Crippen molar-refractivity contribution in [3.8, 4) is 5.69 Å². The molecular formula is C21H30N4O2. The highest BCUT2D eigenvalue weighted by atomic mass is 16.5. The van der Waals surface area contributed by atoms with E-state index in [4.69, 9.17) is 4.74 Å². The standard InChI is InChI=1S/C21H30N4O2/c1-16-13-17(2)25(22-16)19-8-5-7-18(14-19)21(26)24(11-10-23(3)4)15-20-9-6-12-27-20/h5,7-8,13-14,20H,6,9-12,15H2,1-4H3. The van der Waals surface area contributed by atoms with E-state index in [-0.39, 0.29) is 12.0 Å². The van der Waals surface area contributed by atoms with Gasteiger partial charge in [-0.15, -0.1) is 0 Å². The first-order chi connectivity index (χ1) is 12.9. The molecule has 1 amide bonds. The van der Waals surface area contributed by atoms with Crippen molar-refractivity contribution in [1.29, 1.82) is 0 Å². The molecule has 1 aliphatic heterocycles. The lowest BCUT2D eigenvalue weighted by molar-refractivity contribution is 0.0512. The lowest BCUT2D eigenvalue weighted by atomic mass is 10.1. The van der Waals surface area contributed by atoms with Gasteiger partial charge in [0.15, 0.2) is 0 Å². The van der Waals surface area contributed by atoms with Crippen molar-refractivity contribution >= 4 is 5.91 Å². The molecule has 1 saturated heterocycles. The zero-order valence-corrected chi connectivity index (χ0v) is 16.8. The van der Waals surface area contributed by atoms with Gasteiger partial charge in [-0.3, -0.25) is 4.79 Å². The first-order valence-electron chi connectivity index (χ1n) is 9.63. The average Bonchev–Trinajstić information content (AvgIpc) is 3.27. The van der Waals surface area contributed by atoms with Gasteiger partial charge >= 0.3 is 0 Å². The van der Waals surface area contributed by atoms with Crippen LogP contribution in [-0.2, 0) is 4.74 Å². The number of hydrogen-bond donors (Lipinski definition) is 0. The van der Waals surface area contributed by atoms with Crippen LogP contribution in [0.2, 0.25) is 0 Å². The van der Waals surface area contributed by atoms with Crippen molar-refractivity contribution in [3.63, 3.8) is 0 Å². The molecule has 0 radical (unpaired) electrons. The van der Waals surface area contributed by atoms with Gasteiger partial charge in [-0.2, -0.15) is 5.10 Å². The Balaban J connectivity index is 1.81. The number of likely N-dealkylation sites (N-methyl/N-ethyl adjacent to an activating group) is 1. The Hall–Kier alpha value is -2.18. The van der Waals surface area contributed by atoms with E-state index in [1.165, 1.54) is 0 Å². The van der Waals surface area contributed by atoms with Crippen LogP contribution in [0.4, 0.5) is 0 Å². The molecule has 0 aliphatic carbocycles. The number of aryl methyl sites for hydroxylation is 2. The van der Waals surface area contributed by atoms with Crippen LogP contribution < -0.4 is 0 Å². The van der Waals surface area contributed by atoms with Crippen molar-refractivity contribution in [1.82, 2.24) is 19.6 Å². The molecule has 0 spiro atoms. The van der Waals surface area contributed by atoms with Crippen molar-refractivity contribution in [2.75, 3.05) is 40.3 Å². The Kier molecular flexibility index (Phi) is 6.29. The highest BCUT2D eigenvalue weighted by molar-refractivity contribution is 5.94. The molecule has 3 rings (SSSR count). The molecule has 27 heavy (non-hydrogen) atoms. The Labute approximate surface area is 161 Å². The smallest absolute Gasteiger partial charge is 0.254 e. The summed E-state index contributed by atoms with van der Waals surface area (Å²) < 4.78 is 7.65. The molecule has 0 N–H and O–H groups in total. The molecule has 146 valence electrons. The lowest BCUT2D eigenvalue weighted by Gasteiger charge is -2.27. The summed E-state index contributed by atoms with van der Waals surface area (Å²) in [5.41, 5.74) is 3.63. The van der Waals surface area contributed by atoms with Crippen LogP contribution in [0.1, 0.15) is 34.6 Å². The Morgan fingerprint density at radius 1 is 1.26 bits per heavy atom. The van der Waals surface area contributed by atoms with Gasteiger partial charge in [0.25, 0.3) is 5.91 Å². The van der Waals surface area contributed by atoms with E-state index in [0.29, 0.717) is 18.7 Å². The molecule has 1 aromatic heterocycles. The molecule has 2 aromatic rings. The van der Waals surface area contributed by atoms with Gasteiger partial charge in [0.1, 0.15) is 0 Å². The van der Waals surface area contributed by atoms with Gasteiger partial charge in [-0.1, -0.05) is 6.07 Å². The summed E-state index contributed by atoms with van der Waals surface area (Å²) in [7, 11) is 4.05. The van der Waals surface area contributed by atoms with Crippen LogP contribution in [0.5, 0.6) is 0 Å². The maximum atomic E-state index is 13.2. The minimum atomic E-state index is 0.0516. The topological polar surface area (TPSA) is 50.6 Å². The van der Waals surface area contributed by atoms with Crippen LogP contribution in [0.25, 0.3) is 5.69 Å². The average molecular weight is 370 g/mol. The summed E-state index contributed by atoms with van der Waals surface area (Å²) in [6.45, 7) is 6.97. The molecule has 2 heterocycles. The van der Waals surface area contributed by atoms with E-state index in [9.17, 15) is 4.79 Å². The van der Waals surface area contributed by atoms with Crippen molar-refractivity contribution in [2.45, 2.75) is 32.8 Å². The summed E-state index contributed by atoms with van der Waals surface area (Å²) >= 11 is 0. The van der Waals surface area contributed by atoms with Crippen LogP contribution >= 0.6 is 0 Å². The van der Waals surface area contributed by atoms with Gasteiger partial charge in [0, 0.05) is 37.5 Å². The Bertz CT molecular complexity index is 778. The van der Waals surface area contributed by atoms with E-state index in [1.807, 2.05) is 67.9 Å². The van der Waals surface area contributed by atoms with Crippen molar-refractivity contribution in [2.24, 2.45) is 0 Å². The number of carbonyl (C=O) groups is 1. The molecule has 0 saturated carbocycles. The van der Waals surface area contributed by atoms with Crippen LogP contribution in [0, 0.1) is 13.8 Å². The van der Waals surface area contributed by atoms with E-state index in [2.05, 4.69) is 10.00 Å². The summed E-state index contributed by atoms with van der Waals surface area (Å²) in [4.78, 5) is 17.3. The minimum Gasteiger partial charge on any atom is -0.376 e. The van der Waals surface area contributed by atoms with Crippen LogP contribution in [0.15, 0.2) is 30.3 Å². The van der Waals surface area contributed by atoms with Crippen LogP contribution in [0.3, 0.4) is 0 Å². The normalized spacial score (nSPS) is 16.9. The zero-order chi connectivity index (χ0) is 19.4. The minimum absolute atomic E-state index is 0.0516. The first-order valence-corrected chi connectivity index (χ1v) is 9.63. The van der Waals surface area contributed by atoms with Gasteiger partial charge in [-0.25, -0.2) is 4.68 Å². The van der Waals surface area contributed by atoms with Crippen LogP contribution in [-0.4, -0.2) is 71.9 Å². The molecule has 1 aromatic carbocycles. The second-order valence-corrected chi connectivity index (χ2v) is 7.58. The SMILES string of the molecule is Cc1cc(C)n(-c2cccc(C(=O)N(CCN(C)C)CC3CCCO3)c2)n1. The van der Waals surface area contributed by atoms with Gasteiger partial charge in [0.2, 0.25) is 0 Å². The lowest BCUT2D eigenvalue weighted by Crippen LogP contribution is -2.41. The zero-order valence-electron chi connectivity index (χ0n) is 16.8. The fraction of sp³-hybridized carbons (Fsp3) is 0.524. The van der Waals surface area contributed by atoms with E-state index in [0.717, 1.165) is 43.1 Å². The maximum absolute atomic E-state index is 13.2. The number of hydrogen-bond acceptors (Lipinski definition) is 4. The predicted octanol–water partition coefficient (Wildman–Crippen LogP) is 2.67. The maximum Gasteiger partial charge on any atom is 0.254 e. The molecule has 0 bridgehead atoms. The largest absolute Gasteiger partial charge is 0.376 e. The van der Waals surface area contributed by atoms with Gasteiger partial charge in [-0.05, 0) is 65.0 Å². The molecule has 6 nitrogen and oxygen atoms in total. The highest BCUT2D eigenvalue weighted by Gasteiger charge is 2.23. The third-order valence-electron chi connectivity index (χ3n) is 4.90. The molecule has 1 aliphatic rings. The third-order valence-corrected chi connectivity index (χ3v) is 4.90. The van der Waals surface area contributed by atoms with E-state index >= 15 is 0 Å². The van der Waals surface area contributed by atoms with E-state index in [1.54, 1.807) is 0 Å². The third kappa shape index (κ3) is 4.96. The number of amides is 1. The second kappa shape index (κ2) is 8.67. The molecule has 1 fully saturated rings. The summed E-state index contributed by atoms with van der Waals surface area (Å²) in [6.07, 6.45) is 2.25. The quantitative estimate of drug-likeness (QED) is 0.752. The molecular weight excluding hydrogens is 340 g/mol. The number of benzene rings is 1. The summed E-state index contributed by atoms with van der Waals surface area (Å²) in [6, 6.07) is 9.76. The molecule has 1 atom stereocenters. The number of ether oxygens (including phenoxy) is 1. The predicted molar refractivity (Wildman–Crippen MR) is 106 cm³/mol.